The fourth-order valence-electron chi connectivity index (χ4n) is 1.34. The minimum absolute atomic E-state index is 0.236. The largest absolute Gasteiger partial charge is 0.392 e. The first-order chi connectivity index (χ1) is 7.24. The van der Waals surface area contributed by atoms with Gasteiger partial charge >= 0.3 is 0 Å². The van der Waals surface area contributed by atoms with Crippen LogP contribution in [0.25, 0.3) is 0 Å². The molecular formula is C12H17BrOS. The molecule has 0 saturated carbocycles. The van der Waals surface area contributed by atoms with Gasteiger partial charge < -0.3 is 5.11 Å². The summed E-state index contributed by atoms with van der Waals surface area (Å²) in [5.41, 5.74) is 1.18. The van der Waals surface area contributed by atoms with Gasteiger partial charge in [0.25, 0.3) is 0 Å². The Hall–Kier alpha value is 0.01000. The lowest BCUT2D eigenvalue weighted by Crippen LogP contribution is -2.14. The van der Waals surface area contributed by atoms with Crippen LogP contribution in [-0.2, 0) is 6.42 Å². The number of rotatable bonds is 6. The van der Waals surface area contributed by atoms with Gasteiger partial charge in [-0.3, -0.25) is 0 Å². The lowest BCUT2D eigenvalue weighted by atomic mass is 10.1. The molecule has 0 aliphatic heterocycles. The third-order valence-corrected chi connectivity index (χ3v) is 4.16. The van der Waals surface area contributed by atoms with Crippen LogP contribution >= 0.6 is 27.7 Å². The molecule has 15 heavy (non-hydrogen) atoms. The van der Waals surface area contributed by atoms with Crippen LogP contribution in [0.4, 0.5) is 0 Å². The fourth-order valence-corrected chi connectivity index (χ4v) is 2.63. The minimum atomic E-state index is -0.236. The van der Waals surface area contributed by atoms with Gasteiger partial charge in [-0.1, -0.05) is 41.1 Å². The second-order valence-electron chi connectivity index (χ2n) is 3.52. The van der Waals surface area contributed by atoms with Crippen molar-refractivity contribution in [3.8, 4) is 0 Å². The maximum atomic E-state index is 9.81. The fraction of sp³-hybridized carbons (Fsp3) is 0.500. The first-order valence-corrected chi connectivity index (χ1v) is 7.18. The summed E-state index contributed by atoms with van der Waals surface area (Å²) in [6.07, 6.45) is 1.67. The van der Waals surface area contributed by atoms with Crippen LogP contribution < -0.4 is 0 Å². The topological polar surface area (TPSA) is 20.2 Å². The van der Waals surface area contributed by atoms with Crippen molar-refractivity contribution in [3.63, 3.8) is 0 Å². The Balaban J connectivity index is 2.37. The van der Waals surface area contributed by atoms with Gasteiger partial charge in [0.05, 0.1) is 6.10 Å². The van der Waals surface area contributed by atoms with Crippen molar-refractivity contribution in [1.29, 1.82) is 0 Å². The van der Waals surface area contributed by atoms with Gasteiger partial charge in [0.1, 0.15) is 0 Å². The van der Waals surface area contributed by atoms with Gasteiger partial charge in [0.15, 0.2) is 0 Å². The maximum absolute atomic E-state index is 9.81. The highest BCUT2D eigenvalue weighted by Gasteiger charge is 2.07. The SMILES string of the molecule is CCCSCC(O)Cc1ccccc1Br. The van der Waals surface area contributed by atoms with Gasteiger partial charge in [-0.2, -0.15) is 11.8 Å². The Bertz CT molecular complexity index is 291. The molecule has 0 saturated heterocycles. The van der Waals surface area contributed by atoms with Crippen molar-refractivity contribution in [3.05, 3.63) is 34.3 Å². The monoisotopic (exact) mass is 288 g/mol. The van der Waals surface area contributed by atoms with Crippen LogP contribution in [0.5, 0.6) is 0 Å². The van der Waals surface area contributed by atoms with E-state index < -0.39 is 0 Å². The molecule has 0 fully saturated rings. The van der Waals surface area contributed by atoms with Gasteiger partial charge in [-0.15, -0.1) is 0 Å². The molecule has 1 nitrogen and oxygen atoms in total. The predicted octanol–water partition coefficient (Wildman–Crippen LogP) is 3.50. The second kappa shape index (κ2) is 7.31. The molecule has 1 aromatic carbocycles. The predicted molar refractivity (Wildman–Crippen MR) is 71.5 cm³/mol. The molecule has 84 valence electrons. The highest BCUT2D eigenvalue weighted by Crippen LogP contribution is 2.18. The Labute approximate surface area is 104 Å². The molecular weight excluding hydrogens is 272 g/mol. The quantitative estimate of drug-likeness (QED) is 0.809. The summed E-state index contributed by atoms with van der Waals surface area (Å²) in [7, 11) is 0. The van der Waals surface area contributed by atoms with E-state index in [-0.39, 0.29) is 6.10 Å². The molecule has 0 aliphatic rings. The van der Waals surface area contributed by atoms with E-state index in [9.17, 15) is 5.11 Å². The van der Waals surface area contributed by atoms with E-state index in [1.54, 1.807) is 0 Å². The van der Waals surface area contributed by atoms with E-state index in [2.05, 4.69) is 28.9 Å². The molecule has 1 aromatic rings. The molecule has 0 spiro atoms. The average molecular weight is 289 g/mol. The van der Waals surface area contributed by atoms with E-state index >= 15 is 0 Å². The smallest absolute Gasteiger partial charge is 0.0671 e. The zero-order valence-corrected chi connectivity index (χ0v) is 11.4. The zero-order chi connectivity index (χ0) is 11.1. The Morgan fingerprint density at radius 1 is 1.40 bits per heavy atom. The number of hydrogen-bond acceptors (Lipinski definition) is 2. The molecule has 1 N–H and O–H groups in total. The maximum Gasteiger partial charge on any atom is 0.0671 e. The van der Waals surface area contributed by atoms with Crippen LogP contribution in [-0.4, -0.2) is 22.7 Å². The van der Waals surface area contributed by atoms with Gasteiger partial charge in [-0.25, -0.2) is 0 Å². The lowest BCUT2D eigenvalue weighted by molar-refractivity contribution is 0.200. The van der Waals surface area contributed by atoms with Gasteiger partial charge in [-0.05, 0) is 23.8 Å². The number of aliphatic hydroxyl groups is 1. The van der Waals surface area contributed by atoms with E-state index in [0.29, 0.717) is 0 Å². The average Bonchev–Trinajstić information content (AvgIpc) is 2.22. The first kappa shape index (κ1) is 13.1. The normalized spacial score (nSPS) is 12.7. The first-order valence-electron chi connectivity index (χ1n) is 5.23. The number of hydrogen-bond donors (Lipinski definition) is 1. The van der Waals surface area contributed by atoms with Crippen molar-refractivity contribution >= 4 is 27.7 Å². The number of aliphatic hydroxyl groups excluding tert-OH is 1. The molecule has 0 radical (unpaired) electrons. The third-order valence-electron chi connectivity index (χ3n) is 2.07. The Morgan fingerprint density at radius 3 is 2.80 bits per heavy atom. The van der Waals surface area contributed by atoms with Crippen molar-refractivity contribution in [2.45, 2.75) is 25.9 Å². The van der Waals surface area contributed by atoms with E-state index in [1.165, 1.54) is 12.0 Å². The molecule has 0 aliphatic carbocycles. The number of thioether (sulfide) groups is 1. The summed E-state index contributed by atoms with van der Waals surface area (Å²) in [6, 6.07) is 8.07. The standard InChI is InChI=1S/C12H17BrOS/c1-2-7-15-9-11(14)8-10-5-3-4-6-12(10)13/h3-6,11,14H,2,7-9H2,1H3. The van der Waals surface area contributed by atoms with Crippen LogP contribution in [0.1, 0.15) is 18.9 Å². The molecule has 0 aromatic heterocycles. The number of benzene rings is 1. The van der Waals surface area contributed by atoms with E-state index in [0.717, 1.165) is 22.4 Å². The molecule has 0 heterocycles. The van der Waals surface area contributed by atoms with Crippen molar-refractivity contribution in [1.82, 2.24) is 0 Å². The molecule has 1 unspecified atom stereocenters. The summed E-state index contributed by atoms with van der Waals surface area (Å²) in [5.74, 6) is 1.96. The Kier molecular flexibility index (Phi) is 6.37. The molecule has 0 amide bonds. The summed E-state index contributed by atoms with van der Waals surface area (Å²) in [6.45, 7) is 2.16. The van der Waals surface area contributed by atoms with E-state index in [4.69, 9.17) is 0 Å². The zero-order valence-electron chi connectivity index (χ0n) is 8.95. The van der Waals surface area contributed by atoms with Crippen LogP contribution in [0, 0.1) is 0 Å². The molecule has 1 atom stereocenters. The summed E-state index contributed by atoms with van der Waals surface area (Å²) < 4.78 is 1.09. The molecule has 3 heteroatoms. The summed E-state index contributed by atoms with van der Waals surface area (Å²) >= 11 is 5.31. The van der Waals surface area contributed by atoms with Gasteiger partial charge in [0.2, 0.25) is 0 Å². The molecule has 0 bridgehead atoms. The van der Waals surface area contributed by atoms with Crippen molar-refractivity contribution in [2.75, 3.05) is 11.5 Å². The minimum Gasteiger partial charge on any atom is -0.392 e. The van der Waals surface area contributed by atoms with Crippen molar-refractivity contribution in [2.24, 2.45) is 0 Å². The van der Waals surface area contributed by atoms with Crippen LogP contribution in [0.2, 0.25) is 0 Å². The summed E-state index contributed by atoms with van der Waals surface area (Å²) in [5, 5.41) is 9.81. The second-order valence-corrected chi connectivity index (χ2v) is 5.53. The van der Waals surface area contributed by atoms with Crippen LogP contribution in [0.15, 0.2) is 28.7 Å². The summed E-state index contributed by atoms with van der Waals surface area (Å²) in [4.78, 5) is 0. The van der Waals surface area contributed by atoms with Crippen LogP contribution in [0.3, 0.4) is 0 Å². The van der Waals surface area contributed by atoms with Gasteiger partial charge in [0, 0.05) is 16.6 Å². The Morgan fingerprint density at radius 2 is 2.13 bits per heavy atom. The highest BCUT2D eigenvalue weighted by molar-refractivity contribution is 9.10. The third kappa shape index (κ3) is 5.05. The lowest BCUT2D eigenvalue weighted by Gasteiger charge is -2.11. The van der Waals surface area contributed by atoms with Crippen molar-refractivity contribution < 1.29 is 5.11 Å². The number of halogens is 1. The highest BCUT2D eigenvalue weighted by atomic mass is 79.9. The van der Waals surface area contributed by atoms with E-state index in [1.807, 2.05) is 30.0 Å². The molecule has 1 rings (SSSR count).